The summed E-state index contributed by atoms with van der Waals surface area (Å²) in [5.74, 6) is -2.41. The summed E-state index contributed by atoms with van der Waals surface area (Å²) in [6, 6.07) is 5.99. The standard InChI is InChI=1S/C9H11F2NOS/c10-9(11)14-7-3-1-6(2-4-7)8(12)5-13/h1-4,8-9,13H,5,12H2. The van der Waals surface area contributed by atoms with Gasteiger partial charge < -0.3 is 10.8 Å². The fraction of sp³-hybridized carbons (Fsp3) is 0.333. The highest BCUT2D eigenvalue weighted by Gasteiger charge is 2.07. The summed E-state index contributed by atoms with van der Waals surface area (Å²) in [7, 11) is 0. The van der Waals surface area contributed by atoms with Crippen LogP contribution in [-0.2, 0) is 0 Å². The number of thioether (sulfide) groups is 1. The van der Waals surface area contributed by atoms with Gasteiger partial charge in [0.15, 0.2) is 0 Å². The summed E-state index contributed by atoms with van der Waals surface area (Å²) in [6.07, 6.45) is 0. The Kier molecular flexibility index (Phi) is 4.31. The molecule has 0 aromatic heterocycles. The van der Waals surface area contributed by atoms with Gasteiger partial charge in [-0.1, -0.05) is 23.9 Å². The number of halogens is 2. The normalized spacial score (nSPS) is 13.2. The molecule has 3 N–H and O–H groups in total. The minimum atomic E-state index is -2.41. The average molecular weight is 219 g/mol. The molecule has 2 nitrogen and oxygen atoms in total. The van der Waals surface area contributed by atoms with Gasteiger partial charge >= 0.3 is 0 Å². The third-order valence-corrected chi connectivity index (χ3v) is 2.45. The van der Waals surface area contributed by atoms with Crippen LogP contribution in [0.3, 0.4) is 0 Å². The minimum Gasteiger partial charge on any atom is -0.394 e. The van der Waals surface area contributed by atoms with Crippen molar-refractivity contribution in [2.75, 3.05) is 6.61 Å². The van der Waals surface area contributed by atoms with Crippen LogP contribution in [0.1, 0.15) is 11.6 Å². The van der Waals surface area contributed by atoms with Gasteiger partial charge in [0.05, 0.1) is 12.6 Å². The molecule has 0 fully saturated rings. The maximum atomic E-state index is 11.9. The summed E-state index contributed by atoms with van der Waals surface area (Å²) >= 11 is 0.490. The third kappa shape index (κ3) is 3.25. The molecule has 1 atom stereocenters. The summed E-state index contributed by atoms with van der Waals surface area (Å²) in [5.41, 5.74) is 6.28. The maximum absolute atomic E-state index is 11.9. The number of aliphatic hydroxyl groups excluding tert-OH is 1. The van der Waals surface area contributed by atoms with Crippen molar-refractivity contribution in [3.8, 4) is 0 Å². The average Bonchev–Trinajstić information content (AvgIpc) is 2.17. The van der Waals surface area contributed by atoms with E-state index in [0.29, 0.717) is 16.7 Å². The third-order valence-electron chi connectivity index (χ3n) is 1.73. The fourth-order valence-corrected chi connectivity index (χ4v) is 1.50. The molecule has 0 saturated heterocycles. The van der Waals surface area contributed by atoms with E-state index < -0.39 is 11.8 Å². The molecule has 0 saturated carbocycles. The second-order valence-corrected chi connectivity index (χ2v) is 3.80. The van der Waals surface area contributed by atoms with Crippen LogP contribution >= 0.6 is 11.8 Å². The van der Waals surface area contributed by atoms with Crippen molar-refractivity contribution in [2.24, 2.45) is 5.73 Å². The molecule has 0 aliphatic heterocycles. The van der Waals surface area contributed by atoms with Crippen molar-refractivity contribution in [3.63, 3.8) is 0 Å². The van der Waals surface area contributed by atoms with Crippen LogP contribution in [0.15, 0.2) is 29.2 Å². The molecule has 0 heterocycles. The van der Waals surface area contributed by atoms with Crippen LogP contribution < -0.4 is 5.73 Å². The van der Waals surface area contributed by atoms with Crippen molar-refractivity contribution in [1.29, 1.82) is 0 Å². The van der Waals surface area contributed by atoms with E-state index in [1.54, 1.807) is 24.3 Å². The van der Waals surface area contributed by atoms with E-state index in [0.717, 1.165) is 5.56 Å². The molecule has 0 bridgehead atoms. The number of benzene rings is 1. The SMILES string of the molecule is NC(CO)c1ccc(SC(F)F)cc1. The van der Waals surface area contributed by atoms with Crippen molar-refractivity contribution in [1.82, 2.24) is 0 Å². The Balaban J connectivity index is 2.68. The summed E-state index contributed by atoms with van der Waals surface area (Å²) in [6.45, 7) is -0.151. The van der Waals surface area contributed by atoms with Gasteiger partial charge in [-0.25, -0.2) is 0 Å². The van der Waals surface area contributed by atoms with Gasteiger partial charge in [0.1, 0.15) is 0 Å². The van der Waals surface area contributed by atoms with Crippen molar-refractivity contribution >= 4 is 11.8 Å². The lowest BCUT2D eigenvalue weighted by molar-refractivity contribution is 0.252. The molecule has 1 aromatic carbocycles. The predicted octanol–water partition coefficient (Wildman–Crippen LogP) is 1.99. The van der Waals surface area contributed by atoms with Gasteiger partial charge in [0.2, 0.25) is 0 Å². The monoisotopic (exact) mass is 219 g/mol. The number of nitrogens with two attached hydrogens (primary N) is 1. The molecular formula is C9H11F2NOS. The lowest BCUT2D eigenvalue weighted by atomic mass is 10.1. The number of rotatable bonds is 4. The highest BCUT2D eigenvalue weighted by molar-refractivity contribution is 7.99. The Bertz CT molecular complexity index is 279. The highest BCUT2D eigenvalue weighted by atomic mass is 32.2. The van der Waals surface area contributed by atoms with Crippen LogP contribution in [0, 0.1) is 0 Å². The number of alkyl halides is 2. The van der Waals surface area contributed by atoms with Gasteiger partial charge in [-0.15, -0.1) is 0 Å². The number of aliphatic hydroxyl groups is 1. The van der Waals surface area contributed by atoms with Gasteiger partial charge in [-0.2, -0.15) is 8.78 Å². The quantitative estimate of drug-likeness (QED) is 0.761. The number of hydrogen-bond donors (Lipinski definition) is 2. The molecule has 0 spiro atoms. The second kappa shape index (κ2) is 5.29. The Morgan fingerprint density at radius 3 is 2.29 bits per heavy atom. The van der Waals surface area contributed by atoms with Gasteiger partial charge in [0, 0.05) is 4.90 Å². The molecule has 0 aliphatic rings. The molecule has 1 unspecified atom stereocenters. The number of hydrogen-bond acceptors (Lipinski definition) is 3. The van der Waals surface area contributed by atoms with Crippen LogP contribution in [-0.4, -0.2) is 17.5 Å². The molecule has 0 amide bonds. The van der Waals surface area contributed by atoms with Gasteiger partial charge in [0.25, 0.3) is 5.76 Å². The lowest BCUT2D eigenvalue weighted by Crippen LogP contribution is -2.14. The largest absolute Gasteiger partial charge is 0.394 e. The van der Waals surface area contributed by atoms with Crippen molar-refractivity contribution in [3.05, 3.63) is 29.8 Å². The Morgan fingerprint density at radius 1 is 1.29 bits per heavy atom. The molecule has 1 aromatic rings. The van der Waals surface area contributed by atoms with Crippen LogP contribution in [0.5, 0.6) is 0 Å². The fourth-order valence-electron chi connectivity index (χ4n) is 1.00. The van der Waals surface area contributed by atoms with E-state index in [1.807, 2.05) is 0 Å². The highest BCUT2D eigenvalue weighted by Crippen LogP contribution is 2.25. The Morgan fingerprint density at radius 2 is 1.86 bits per heavy atom. The zero-order chi connectivity index (χ0) is 10.6. The van der Waals surface area contributed by atoms with Crippen LogP contribution in [0.2, 0.25) is 0 Å². The summed E-state index contributed by atoms with van der Waals surface area (Å²) < 4.78 is 23.9. The summed E-state index contributed by atoms with van der Waals surface area (Å²) in [4.78, 5) is 0.494. The predicted molar refractivity (Wildman–Crippen MR) is 52.3 cm³/mol. The molecular weight excluding hydrogens is 208 g/mol. The smallest absolute Gasteiger partial charge is 0.288 e. The molecule has 14 heavy (non-hydrogen) atoms. The van der Waals surface area contributed by atoms with E-state index in [2.05, 4.69) is 0 Å². The summed E-state index contributed by atoms with van der Waals surface area (Å²) in [5, 5.41) is 8.75. The first kappa shape index (κ1) is 11.4. The molecule has 1 rings (SSSR count). The first-order valence-corrected chi connectivity index (χ1v) is 4.92. The molecule has 78 valence electrons. The molecule has 0 radical (unpaired) electrons. The zero-order valence-electron chi connectivity index (χ0n) is 7.36. The van der Waals surface area contributed by atoms with Gasteiger partial charge in [-0.3, -0.25) is 0 Å². The molecule has 5 heteroatoms. The first-order valence-electron chi connectivity index (χ1n) is 4.04. The van der Waals surface area contributed by atoms with Crippen molar-refractivity contribution < 1.29 is 13.9 Å². The first-order chi connectivity index (χ1) is 6.63. The van der Waals surface area contributed by atoms with E-state index in [9.17, 15) is 8.78 Å². The maximum Gasteiger partial charge on any atom is 0.288 e. The minimum absolute atomic E-state index is 0.151. The van der Waals surface area contributed by atoms with E-state index in [4.69, 9.17) is 10.8 Å². The Hall–Kier alpha value is -0.650. The van der Waals surface area contributed by atoms with E-state index >= 15 is 0 Å². The van der Waals surface area contributed by atoms with Crippen LogP contribution in [0.4, 0.5) is 8.78 Å². The lowest BCUT2D eigenvalue weighted by Gasteiger charge is -2.08. The van der Waals surface area contributed by atoms with Gasteiger partial charge in [-0.05, 0) is 17.7 Å². The van der Waals surface area contributed by atoms with E-state index in [-0.39, 0.29) is 6.61 Å². The Labute approximate surface area is 85.1 Å². The zero-order valence-corrected chi connectivity index (χ0v) is 8.18. The van der Waals surface area contributed by atoms with E-state index in [1.165, 1.54) is 0 Å². The second-order valence-electron chi connectivity index (χ2n) is 2.74. The topological polar surface area (TPSA) is 46.2 Å². The molecule has 0 aliphatic carbocycles. The van der Waals surface area contributed by atoms with Crippen LogP contribution in [0.25, 0.3) is 0 Å². The van der Waals surface area contributed by atoms with Crippen molar-refractivity contribution in [2.45, 2.75) is 16.7 Å².